The van der Waals surface area contributed by atoms with Gasteiger partial charge in [-0.15, -0.1) is 0 Å². The third-order valence-electron chi connectivity index (χ3n) is 2.45. The summed E-state index contributed by atoms with van der Waals surface area (Å²) >= 11 is 0. The number of aromatic nitrogens is 2. The molecule has 0 unspecified atom stereocenters. The molecule has 2 aromatic rings. The molecule has 18 heavy (non-hydrogen) atoms. The van der Waals surface area contributed by atoms with E-state index in [4.69, 9.17) is 10.3 Å². The molecule has 0 aliphatic rings. The zero-order valence-corrected chi connectivity index (χ0v) is 10.8. The minimum atomic E-state index is -0.0246. The van der Waals surface area contributed by atoms with E-state index in [1.807, 2.05) is 0 Å². The Bertz CT molecular complexity index is 556. The van der Waals surface area contributed by atoms with Gasteiger partial charge in [-0.2, -0.15) is 4.98 Å². The Hall–Kier alpha value is -2.04. The summed E-state index contributed by atoms with van der Waals surface area (Å²) < 4.78 is 5.16. The predicted molar refractivity (Wildman–Crippen MR) is 69.0 cm³/mol. The average molecular weight is 247 g/mol. The fourth-order valence-electron chi connectivity index (χ4n) is 1.64. The fourth-order valence-corrected chi connectivity index (χ4v) is 1.64. The smallest absolute Gasteiger partial charge is 0.261 e. The standard InChI is InChI=1S/C13H17N3O2/c1-13(2,3)7-10-15-12(18-16-10)8-5-4-6-9(14)11(8)17/h4-6,17H,7,14H2,1-3H3. The maximum atomic E-state index is 9.84. The van der Waals surface area contributed by atoms with Gasteiger partial charge in [-0.3, -0.25) is 0 Å². The van der Waals surface area contributed by atoms with Crippen molar-refractivity contribution in [1.82, 2.24) is 10.1 Å². The van der Waals surface area contributed by atoms with Crippen LogP contribution in [0.5, 0.6) is 5.75 Å². The first-order valence-electron chi connectivity index (χ1n) is 5.77. The predicted octanol–water partition coefficient (Wildman–Crippen LogP) is 2.61. The van der Waals surface area contributed by atoms with Gasteiger partial charge in [-0.1, -0.05) is 32.0 Å². The molecule has 0 aliphatic carbocycles. The number of para-hydroxylation sites is 1. The summed E-state index contributed by atoms with van der Waals surface area (Å²) in [5.74, 6) is 0.891. The molecule has 3 N–H and O–H groups in total. The largest absolute Gasteiger partial charge is 0.505 e. The maximum Gasteiger partial charge on any atom is 0.261 e. The number of phenolic OH excluding ortho intramolecular Hbond substituents is 1. The fraction of sp³-hybridized carbons (Fsp3) is 0.385. The molecule has 2 rings (SSSR count). The highest BCUT2D eigenvalue weighted by molar-refractivity contribution is 5.71. The van der Waals surface area contributed by atoms with Crippen molar-refractivity contribution in [3.8, 4) is 17.2 Å². The van der Waals surface area contributed by atoms with Gasteiger partial charge in [0.1, 0.15) is 0 Å². The summed E-state index contributed by atoms with van der Waals surface area (Å²) in [6.07, 6.45) is 0.708. The van der Waals surface area contributed by atoms with Crippen molar-refractivity contribution in [3.63, 3.8) is 0 Å². The van der Waals surface area contributed by atoms with E-state index >= 15 is 0 Å². The van der Waals surface area contributed by atoms with Gasteiger partial charge in [-0.25, -0.2) is 0 Å². The minimum absolute atomic E-state index is 0.0246. The van der Waals surface area contributed by atoms with Crippen molar-refractivity contribution in [2.45, 2.75) is 27.2 Å². The number of hydrogen-bond acceptors (Lipinski definition) is 5. The number of nitrogens with zero attached hydrogens (tertiary/aromatic N) is 2. The number of phenols is 1. The SMILES string of the molecule is CC(C)(C)Cc1noc(-c2cccc(N)c2O)n1. The number of aromatic hydroxyl groups is 1. The zero-order valence-electron chi connectivity index (χ0n) is 10.8. The monoisotopic (exact) mass is 247 g/mol. The first kappa shape index (κ1) is 12.4. The van der Waals surface area contributed by atoms with Crippen molar-refractivity contribution in [2.75, 3.05) is 5.73 Å². The van der Waals surface area contributed by atoms with Crippen molar-refractivity contribution < 1.29 is 9.63 Å². The molecule has 0 aliphatic heterocycles. The lowest BCUT2D eigenvalue weighted by Crippen LogP contribution is -2.10. The minimum Gasteiger partial charge on any atom is -0.505 e. The van der Waals surface area contributed by atoms with Crippen LogP contribution in [-0.4, -0.2) is 15.2 Å². The summed E-state index contributed by atoms with van der Waals surface area (Å²) in [5, 5.41) is 13.8. The molecule has 0 fully saturated rings. The van der Waals surface area contributed by atoms with E-state index < -0.39 is 0 Å². The number of rotatable bonds is 2. The van der Waals surface area contributed by atoms with E-state index in [9.17, 15) is 5.11 Å². The molecule has 0 bridgehead atoms. The van der Waals surface area contributed by atoms with E-state index in [1.165, 1.54) is 0 Å². The van der Waals surface area contributed by atoms with E-state index in [1.54, 1.807) is 18.2 Å². The van der Waals surface area contributed by atoms with Gasteiger partial charge in [0.05, 0.1) is 11.3 Å². The number of hydrogen-bond donors (Lipinski definition) is 2. The second-order valence-electron chi connectivity index (χ2n) is 5.50. The highest BCUT2D eigenvalue weighted by atomic mass is 16.5. The third kappa shape index (κ3) is 2.61. The van der Waals surface area contributed by atoms with Crippen LogP contribution in [0.25, 0.3) is 11.5 Å². The van der Waals surface area contributed by atoms with Crippen molar-refractivity contribution >= 4 is 5.69 Å². The Balaban J connectivity index is 2.33. The summed E-state index contributed by atoms with van der Waals surface area (Å²) in [6, 6.07) is 5.05. The maximum absolute atomic E-state index is 9.84. The number of nitrogen functional groups attached to an aromatic ring is 1. The van der Waals surface area contributed by atoms with E-state index in [-0.39, 0.29) is 11.2 Å². The Morgan fingerprint density at radius 1 is 1.33 bits per heavy atom. The van der Waals surface area contributed by atoms with Crippen molar-refractivity contribution in [3.05, 3.63) is 24.0 Å². The topological polar surface area (TPSA) is 85.2 Å². The molecule has 0 spiro atoms. The molecular weight excluding hydrogens is 230 g/mol. The zero-order chi connectivity index (χ0) is 13.3. The normalized spacial score (nSPS) is 11.7. The quantitative estimate of drug-likeness (QED) is 0.629. The highest BCUT2D eigenvalue weighted by Crippen LogP contribution is 2.32. The molecule has 1 aromatic heterocycles. The summed E-state index contributed by atoms with van der Waals surface area (Å²) in [6.45, 7) is 6.29. The van der Waals surface area contributed by atoms with Gasteiger partial charge in [0.15, 0.2) is 11.6 Å². The van der Waals surface area contributed by atoms with Crippen LogP contribution in [0.4, 0.5) is 5.69 Å². The number of nitrogens with two attached hydrogens (primary N) is 1. The van der Waals surface area contributed by atoms with Crippen LogP contribution in [0, 0.1) is 5.41 Å². The molecule has 5 heteroatoms. The lowest BCUT2D eigenvalue weighted by atomic mass is 9.92. The molecule has 0 amide bonds. The van der Waals surface area contributed by atoms with Crippen LogP contribution in [0.15, 0.2) is 22.7 Å². The first-order chi connectivity index (χ1) is 8.37. The van der Waals surface area contributed by atoms with Crippen LogP contribution in [-0.2, 0) is 6.42 Å². The molecular formula is C13H17N3O2. The lowest BCUT2D eigenvalue weighted by Gasteiger charge is -2.14. The Kier molecular flexibility index (Phi) is 2.98. The second-order valence-corrected chi connectivity index (χ2v) is 5.50. The third-order valence-corrected chi connectivity index (χ3v) is 2.45. The van der Waals surface area contributed by atoms with E-state index in [0.717, 1.165) is 0 Å². The highest BCUT2D eigenvalue weighted by Gasteiger charge is 2.18. The lowest BCUT2D eigenvalue weighted by molar-refractivity contribution is 0.374. The van der Waals surface area contributed by atoms with Crippen LogP contribution in [0.2, 0.25) is 0 Å². The first-order valence-corrected chi connectivity index (χ1v) is 5.77. The van der Waals surface area contributed by atoms with Crippen molar-refractivity contribution in [2.24, 2.45) is 5.41 Å². The van der Waals surface area contributed by atoms with Gasteiger partial charge < -0.3 is 15.4 Å². The Labute approximate surface area is 106 Å². The molecule has 0 saturated heterocycles. The molecule has 1 heterocycles. The van der Waals surface area contributed by atoms with Gasteiger partial charge >= 0.3 is 0 Å². The number of benzene rings is 1. The molecule has 1 aromatic carbocycles. The van der Waals surface area contributed by atoms with E-state index in [2.05, 4.69) is 30.9 Å². The molecule has 96 valence electrons. The van der Waals surface area contributed by atoms with Gasteiger partial charge in [-0.05, 0) is 17.5 Å². The van der Waals surface area contributed by atoms with Crippen LogP contribution in [0.3, 0.4) is 0 Å². The molecule has 0 atom stereocenters. The van der Waals surface area contributed by atoms with Crippen molar-refractivity contribution in [1.29, 1.82) is 0 Å². The summed E-state index contributed by atoms with van der Waals surface area (Å²) in [4.78, 5) is 4.27. The summed E-state index contributed by atoms with van der Waals surface area (Å²) in [7, 11) is 0. The Morgan fingerprint density at radius 3 is 2.72 bits per heavy atom. The molecule has 5 nitrogen and oxygen atoms in total. The molecule has 0 radical (unpaired) electrons. The number of anilines is 1. The van der Waals surface area contributed by atoms with Gasteiger partial charge in [0.2, 0.25) is 0 Å². The second kappa shape index (κ2) is 4.33. The van der Waals surface area contributed by atoms with Crippen LogP contribution in [0.1, 0.15) is 26.6 Å². The Morgan fingerprint density at radius 2 is 2.06 bits per heavy atom. The average Bonchev–Trinajstić information content (AvgIpc) is 2.68. The van der Waals surface area contributed by atoms with E-state index in [0.29, 0.717) is 29.4 Å². The molecule has 0 saturated carbocycles. The summed E-state index contributed by atoms with van der Waals surface area (Å²) in [5.41, 5.74) is 6.46. The van der Waals surface area contributed by atoms with Gasteiger partial charge in [0, 0.05) is 6.42 Å². The van der Waals surface area contributed by atoms with Crippen LogP contribution < -0.4 is 5.73 Å². The van der Waals surface area contributed by atoms with Crippen LogP contribution >= 0.6 is 0 Å². The van der Waals surface area contributed by atoms with Gasteiger partial charge in [0.25, 0.3) is 5.89 Å².